The second-order valence-corrected chi connectivity index (χ2v) is 19.4. The SMILES string of the molecule is CCC/C=C\CCCCCCCCOCC(COC1OC(COC2OC(CO)C(O)C(O)C2O)C(O)C(O)C1O)OC(=O)CCCCCCCCCCCCC/C=C\CCCCCCCCCC. The van der Waals surface area contributed by atoms with E-state index in [1.54, 1.807) is 0 Å². The highest BCUT2D eigenvalue weighted by Gasteiger charge is 2.47. The highest BCUT2D eigenvalue weighted by Crippen LogP contribution is 2.26. The van der Waals surface area contributed by atoms with Gasteiger partial charge in [-0.2, -0.15) is 0 Å². The summed E-state index contributed by atoms with van der Waals surface area (Å²) >= 11 is 0. The van der Waals surface area contributed by atoms with Crippen molar-refractivity contribution in [2.45, 2.75) is 280 Å². The zero-order valence-electron chi connectivity index (χ0n) is 42.6. The molecule has 0 amide bonds. The molecule has 0 aliphatic carbocycles. The molecule has 0 aromatic rings. The van der Waals surface area contributed by atoms with Gasteiger partial charge in [0.05, 0.1) is 26.4 Å². The number of carbonyl (C=O) groups excluding carboxylic acids is 1. The van der Waals surface area contributed by atoms with Crippen LogP contribution < -0.4 is 0 Å². The first-order valence-electron chi connectivity index (χ1n) is 27.4. The van der Waals surface area contributed by atoms with Gasteiger partial charge in [0, 0.05) is 13.0 Å². The lowest BCUT2D eigenvalue weighted by Gasteiger charge is -2.42. The van der Waals surface area contributed by atoms with Crippen LogP contribution in [0.3, 0.4) is 0 Å². The molecule has 11 atom stereocenters. The lowest BCUT2D eigenvalue weighted by molar-refractivity contribution is -0.332. The van der Waals surface area contributed by atoms with E-state index in [1.807, 2.05) is 0 Å². The Balaban J connectivity index is 1.69. The van der Waals surface area contributed by atoms with Crippen molar-refractivity contribution >= 4 is 5.97 Å². The Labute approximate surface area is 411 Å². The van der Waals surface area contributed by atoms with E-state index in [0.717, 1.165) is 51.4 Å². The zero-order chi connectivity index (χ0) is 49.5. The van der Waals surface area contributed by atoms with Crippen molar-refractivity contribution in [3.8, 4) is 0 Å². The number of hydrogen-bond donors (Lipinski definition) is 7. The summed E-state index contributed by atoms with van der Waals surface area (Å²) in [5.41, 5.74) is 0. The normalized spacial score (nSPS) is 26.0. The summed E-state index contributed by atoms with van der Waals surface area (Å²) in [6.45, 7) is 3.64. The summed E-state index contributed by atoms with van der Waals surface area (Å²) in [7, 11) is 0. The molecule has 2 aliphatic rings. The van der Waals surface area contributed by atoms with Gasteiger partial charge < -0.3 is 64.2 Å². The maximum Gasteiger partial charge on any atom is 0.306 e. The third-order valence-electron chi connectivity index (χ3n) is 13.2. The van der Waals surface area contributed by atoms with Crippen LogP contribution in [-0.4, -0.2) is 142 Å². The number of rotatable bonds is 44. The van der Waals surface area contributed by atoms with Crippen molar-refractivity contribution < 1.29 is 69.0 Å². The van der Waals surface area contributed by atoms with E-state index < -0.39 is 80.7 Å². The van der Waals surface area contributed by atoms with Crippen molar-refractivity contribution in [2.75, 3.05) is 33.0 Å². The summed E-state index contributed by atoms with van der Waals surface area (Å²) in [4.78, 5) is 13.0. The van der Waals surface area contributed by atoms with Crippen LogP contribution in [0.2, 0.25) is 0 Å². The minimum atomic E-state index is -1.71. The third kappa shape index (κ3) is 29.1. The van der Waals surface area contributed by atoms with Crippen molar-refractivity contribution in [1.82, 2.24) is 0 Å². The van der Waals surface area contributed by atoms with Crippen LogP contribution in [0.5, 0.6) is 0 Å². The van der Waals surface area contributed by atoms with Crippen LogP contribution >= 0.6 is 0 Å². The number of esters is 1. The standard InChI is InChI=1S/C54H100O14/c1-3-5-7-9-11-13-15-16-17-18-19-20-21-22-23-24-25-26-27-29-31-33-35-37-46(56)66-43(40-63-38-36-34-32-30-28-14-12-10-8-6-4-2)41-64-53-52(62)50(60)48(58)45(68-53)42-65-54-51(61)49(59)47(57)44(39-55)67-54/h8,10,18-19,43-45,47-55,57-62H,3-7,9,11-17,20-42H2,1-2H3/b10-8-,19-18-. The Bertz CT molecular complexity index is 1220. The van der Waals surface area contributed by atoms with E-state index in [2.05, 4.69) is 38.2 Å². The smallest absolute Gasteiger partial charge is 0.306 e. The van der Waals surface area contributed by atoms with E-state index >= 15 is 0 Å². The number of ether oxygens (including phenoxy) is 6. The molecule has 11 unspecified atom stereocenters. The average Bonchev–Trinajstić information content (AvgIpc) is 3.33. The van der Waals surface area contributed by atoms with Crippen LogP contribution in [0.4, 0.5) is 0 Å². The molecular formula is C54H100O14. The highest BCUT2D eigenvalue weighted by atomic mass is 16.7. The Hall–Kier alpha value is -1.53. The fourth-order valence-electron chi connectivity index (χ4n) is 8.69. The summed E-state index contributed by atoms with van der Waals surface area (Å²) in [5.74, 6) is -0.378. The Morgan fingerprint density at radius 3 is 1.40 bits per heavy atom. The first kappa shape index (κ1) is 62.6. The number of unbranched alkanes of at least 4 members (excludes halogenated alkanes) is 26. The van der Waals surface area contributed by atoms with Crippen molar-refractivity contribution in [1.29, 1.82) is 0 Å². The Kier molecular flexibility index (Phi) is 38.7. The first-order valence-corrected chi connectivity index (χ1v) is 27.4. The molecular weight excluding hydrogens is 873 g/mol. The maximum absolute atomic E-state index is 13.0. The maximum atomic E-state index is 13.0. The first-order chi connectivity index (χ1) is 33.1. The van der Waals surface area contributed by atoms with E-state index in [0.29, 0.717) is 13.0 Å². The molecule has 14 nitrogen and oxygen atoms in total. The zero-order valence-corrected chi connectivity index (χ0v) is 42.6. The lowest BCUT2D eigenvalue weighted by atomic mass is 9.98. The summed E-state index contributed by atoms with van der Waals surface area (Å²) in [6, 6.07) is 0. The van der Waals surface area contributed by atoms with Crippen molar-refractivity contribution in [3.05, 3.63) is 24.3 Å². The predicted molar refractivity (Wildman–Crippen MR) is 266 cm³/mol. The highest BCUT2D eigenvalue weighted by molar-refractivity contribution is 5.69. The topological polar surface area (TPSA) is 214 Å². The van der Waals surface area contributed by atoms with E-state index in [-0.39, 0.29) is 25.6 Å². The van der Waals surface area contributed by atoms with Gasteiger partial charge in [0.2, 0.25) is 0 Å². The molecule has 7 N–H and O–H groups in total. The van der Waals surface area contributed by atoms with Crippen molar-refractivity contribution in [3.63, 3.8) is 0 Å². The van der Waals surface area contributed by atoms with Gasteiger partial charge >= 0.3 is 5.97 Å². The molecule has 0 saturated carbocycles. The molecule has 0 aromatic carbocycles. The van der Waals surface area contributed by atoms with Crippen LogP contribution in [0.1, 0.15) is 213 Å². The van der Waals surface area contributed by atoms with Gasteiger partial charge in [0.25, 0.3) is 0 Å². The number of aliphatic hydroxyl groups is 7. The summed E-state index contributed by atoms with van der Waals surface area (Å²) in [5, 5.41) is 72.1. The minimum absolute atomic E-state index is 0.0595. The minimum Gasteiger partial charge on any atom is -0.457 e. The average molecular weight is 973 g/mol. The van der Waals surface area contributed by atoms with E-state index in [9.17, 15) is 40.5 Å². The second kappa shape index (κ2) is 42.0. The second-order valence-electron chi connectivity index (χ2n) is 19.4. The van der Waals surface area contributed by atoms with Gasteiger partial charge in [-0.25, -0.2) is 0 Å². The van der Waals surface area contributed by atoms with Gasteiger partial charge in [-0.1, -0.05) is 173 Å². The molecule has 0 bridgehead atoms. The third-order valence-corrected chi connectivity index (χ3v) is 13.2. The van der Waals surface area contributed by atoms with Crippen LogP contribution in [0.15, 0.2) is 24.3 Å². The Morgan fingerprint density at radius 1 is 0.471 bits per heavy atom. The number of carbonyl (C=O) groups is 1. The van der Waals surface area contributed by atoms with Gasteiger partial charge in [-0.3, -0.25) is 4.79 Å². The van der Waals surface area contributed by atoms with E-state index in [4.69, 9.17) is 28.4 Å². The van der Waals surface area contributed by atoms with Gasteiger partial charge in [-0.15, -0.1) is 0 Å². The summed E-state index contributed by atoms with van der Waals surface area (Å²) < 4.78 is 34.3. The monoisotopic (exact) mass is 973 g/mol. The van der Waals surface area contributed by atoms with Gasteiger partial charge in [-0.05, 0) is 57.8 Å². The Morgan fingerprint density at radius 2 is 0.897 bits per heavy atom. The van der Waals surface area contributed by atoms with E-state index in [1.165, 1.54) is 135 Å². The fourth-order valence-corrected chi connectivity index (χ4v) is 8.69. The van der Waals surface area contributed by atoms with Crippen molar-refractivity contribution in [2.24, 2.45) is 0 Å². The molecule has 2 rings (SSSR count). The van der Waals surface area contributed by atoms with Crippen LogP contribution in [-0.2, 0) is 33.2 Å². The largest absolute Gasteiger partial charge is 0.457 e. The molecule has 2 heterocycles. The molecule has 0 spiro atoms. The van der Waals surface area contributed by atoms with Crippen LogP contribution in [0, 0.1) is 0 Å². The number of hydrogen-bond acceptors (Lipinski definition) is 14. The molecule has 68 heavy (non-hydrogen) atoms. The van der Waals surface area contributed by atoms with Gasteiger partial charge in [0.1, 0.15) is 54.9 Å². The molecule has 2 fully saturated rings. The molecule has 2 saturated heterocycles. The summed E-state index contributed by atoms with van der Waals surface area (Å²) in [6.07, 6.45) is 29.7. The lowest BCUT2D eigenvalue weighted by Crippen LogP contribution is -2.61. The molecule has 2 aliphatic heterocycles. The molecule has 14 heteroatoms. The molecule has 400 valence electrons. The van der Waals surface area contributed by atoms with Crippen LogP contribution in [0.25, 0.3) is 0 Å². The number of aliphatic hydroxyl groups excluding tert-OH is 7. The quantitative estimate of drug-likeness (QED) is 0.0173. The van der Waals surface area contributed by atoms with Gasteiger partial charge in [0.15, 0.2) is 12.6 Å². The fraction of sp³-hybridized carbons (Fsp3) is 0.907. The predicted octanol–water partition coefficient (Wildman–Crippen LogP) is 8.80. The molecule has 0 aromatic heterocycles. The number of allylic oxidation sites excluding steroid dienone is 4. The molecule has 0 radical (unpaired) electrons.